The van der Waals surface area contributed by atoms with Crippen LogP contribution in [0.4, 0.5) is 0 Å². The summed E-state index contributed by atoms with van der Waals surface area (Å²) in [6, 6.07) is 7.83. The first-order chi connectivity index (χ1) is 14.1. The minimum Gasteiger partial charge on any atom is -0.493 e. The number of esters is 1. The minimum absolute atomic E-state index is 0.106. The number of fused-ring (bicyclic) bond motifs is 3. The predicted octanol–water partition coefficient (Wildman–Crippen LogP) is 2.92. The number of hydrogen-bond acceptors (Lipinski definition) is 7. The second-order valence-corrected chi connectivity index (χ2v) is 7.46. The molecule has 0 amide bonds. The molecule has 7 nitrogen and oxygen atoms in total. The quantitative estimate of drug-likeness (QED) is 0.733. The summed E-state index contributed by atoms with van der Waals surface area (Å²) in [5, 5.41) is 0. The number of ether oxygens (including phenoxy) is 6. The van der Waals surface area contributed by atoms with Gasteiger partial charge >= 0.3 is 5.97 Å². The smallest absolute Gasteiger partial charge is 0.310 e. The van der Waals surface area contributed by atoms with Gasteiger partial charge in [0.2, 0.25) is 12.5 Å². The summed E-state index contributed by atoms with van der Waals surface area (Å²) < 4.78 is 33.2. The van der Waals surface area contributed by atoms with Gasteiger partial charge in [0, 0.05) is 11.8 Å². The van der Waals surface area contributed by atoms with E-state index in [4.69, 9.17) is 28.4 Å². The lowest BCUT2D eigenvalue weighted by Crippen LogP contribution is -2.31. The summed E-state index contributed by atoms with van der Waals surface area (Å²) >= 11 is 0. The van der Waals surface area contributed by atoms with E-state index >= 15 is 0 Å². The third-order valence-electron chi connectivity index (χ3n) is 6.08. The van der Waals surface area contributed by atoms with Crippen LogP contribution in [0.15, 0.2) is 24.3 Å². The summed E-state index contributed by atoms with van der Waals surface area (Å²) in [5.41, 5.74) is 3.08. The van der Waals surface area contributed by atoms with Crippen molar-refractivity contribution in [3.05, 3.63) is 41.0 Å². The summed E-state index contributed by atoms with van der Waals surface area (Å²) in [6.07, 6.45) is 0.754. The van der Waals surface area contributed by atoms with Crippen LogP contribution in [0.5, 0.6) is 28.7 Å². The van der Waals surface area contributed by atoms with Gasteiger partial charge in [0.1, 0.15) is 0 Å². The van der Waals surface area contributed by atoms with Crippen LogP contribution < -0.4 is 23.7 Å². The number of carbonyl (C=O) groups is 1. The van der Waals surface area contributed by atoms with Crippen LogP contribution in [0.3, 0.4) is 0 Å². The molecular formula is C22H22O7. The van der Waals surface area contributed by atoms with Crippen molar-refractivity contribution >= 4 is 5.97 Å². The Morgan fingerprint density at radius 1 is 0.897 bits per heavy atom. The van der Waals surface area contributed by atoms with Crippen molar-refractivity contribution in [3.63, 3.8) is 0 Å². The molecule has 3 aliphatic rings. The zero-order valence-electron chi connectivity index (χ0n) is 16.5. The first kappa shape index (κ1) is 18.0. The van der Waals surface area contributed by atoms with E-state index in [0.717, 1.165) is 23.1 Å². The molecule has 152 valence electrons. The molecule has 0 N–H and O–H groups in total. The Morgan fingerprint density at radius 3 is 2.41 bits per heavy atom. The van der Waals surface area contributed by atoms with E-state index in [1.165, 1.54) is 0 Å². The highest BCUT2D eigenvalue weighted by molar-refractivity contribution is 5.78. The Bertz CT molecular complexity index is 984. The number of carbonyl (C=O) groups excluding carboxylic acids is 1. The molecule has 3 atom stereocenters. The highest BCUT2D eigenvalue weighted by atomic mass is 16.7. The number of benzene rings is 2. The fourth-order valence-corrected chi connectivity index (χ4v) is 4.77. The van der Waals surface area contributed by atoms with Crippen molar-refractivity contribution in [1.82, 2.24) is 0 Å². The lowest BCUT2D eigenvalue weighted by molar-refractivity contribution is -0.141. The van der Waals surface area contributed by atoms with Gasteiger partial charge in [0.05, 0.1) is 33.9 Å². The normalized spacial score (nSPS) is 23.8. The maximum Gasteiger partial charge on any atom is 0.310 e. The molecule has 1 aliphatic carbocycles. The second-order valence-electron chi connectivity index (χ2n) is 7.46. The molecule has 1 saturated heterocycles. The molecule has 0 saturated carbocycles. The van der Waals surface area contributed by atoms with E-state index in [1.807, 2.05) is 24.3 Å². The summed E-state index contributed by atoms with van der Waals surface area (Å²) in [5.74, 6) is 2.57. The molecule has 0 spiro atoms. The molecule has 0 radical (unpaired) electrons. The summed E-state index contributed by atoms with van der Waals surface area (Å²) in [6.45, 7) is 0.574. The number of rotatable bonds is 4. The molecule has 1 fully saturated rings. The van der Waals surface area contributed by atoms with Crippen LogP contribution in [0.2, 0.25) is 0 Å². The fraction of sp³-hybridized carbons (Fsp3) is 0.409. The SMILES string of the molecule is COc1cc2c(cc1OC)[C@H](c1cc(OC)c3c(c1)OCO3)[C@H]1C(=O)OC[C@H]1C2. The Labute approximate surface area is 168 Å². The second kappa shape index (κ2) is 6.76. The maximum atomic E-state index is 12.7. The van der Waals surface area contributed by atoms with E-state index in [1.54, 1.807) is 21.3 Å². The Hall–Kier alpha value is -3.09. The van der Waals surface area contributed by atoms with E-state index in [0.29, 0.717) is 35.4 Å². The standard InChI is InChI=1S/C22H22O7/c1-24-15-5-11-4-13-9-27-22(23)20(13)19(14(11)8-16(15)25-2)12-6-17(26-3)21-18(7-12)28-10-29-21/h5-8,13,19-20H,4,9-10H2,1-3H3/t13-,19+,20+/m1/s1. The lowest BCUT2D eigenvalue weighted by Gasteiger charge is -2.34. The molecule has 2 heterocycles. The topological polar surface area (TPSA) is 72.5 Å². The van der Waals surface area contributed by atoms with Crippen molar-refractivity contribution in [2.24, 2.45) is 11.8 Å². The van der Waals surface area contributed by atoms with Crippen LogP contribution >= 0.6 is 0 Å². The van der Waals surface area contributed by atoms with Crippen LogP contribution in [0, 0.1) is 11.8 Å². The van der Waals surface area contributed by atoms with Gasteiger partial charge in [0.25, 0.3) is 0 Å². The summed E-state index contributed by atoms with van der Waals surface area (Å²) in [4.78, 5) is 12.7. The van der Waals surface area contributed by atoms with E-state index in [9.17, 15) is 4.79 Å². The molecule has 2 aromatic rings. The van der Waals surface area contributed by atoms with Gasteiger partial charge in [-0.15, -0.1) is 0 Å². The first-order valence-electron chi connectivity index (χ1n) is 9.53. The molecule has 2 aliphatic heterocycles. The van der Waals surface area contributed by atoms with Gasteiger partial charge in [-0.3, -0.25) is 4.79 Å². The number of cyclic esters (lactones) is 1. The fourth-order valence-electron chi connectivity index (χ4n) is 4.77. The van der Waals surface area contributed by atoms with Gasteiger partial charge in [-0.05, 0) is 47.4 Å². The minimum atomic E-state index is -0.273. The third-order valence-corrected chi connectivity index (χ3v) is 6.08. The number of methoxy groups -OCH3 is 3. The Kier molecular flexibility index (Phi) is 4.19. The Balaban J connectivity index is 1.71. The van der Waals surface area contributed by atoms with E-state index in [-0.39, 0.29) is 30.5 Å². The van der Waals surface area contributed by atoms with Crippen LogP contribution in [-0.2, 0) is 16.0 Å². The number of hydrogen-bond donors (Lipinski definition) is 0. The maximum absolute atomic E-state index is 12.7. The van der Waals surface area contributed by atoms with E-state index < -0.39 is 0 Å². The van der Waals surface area contributed by atoms with Crippen LogP contribution in [0.1, 0.15) is 22.6 Å². The monoisotopic (exact) mass is 398 g/mol. The predicted molar refractivity (Wildman–Crippen MR) is 102 cm³/mol. The molecule has 0 unspecified atom stereocenters. The van der Waals surface area contributed by atoms with Gasteiger partial charge in [-0.25, -0.2) is 0 Å². The van der Waals surface area contributed by atoms with Crippen molar-refractivity contribution in [2.75, 3.05) is 34.7 Å². The van der Waals surface area contributed by atoms with Crippen molar-refractivity contribution in [1.29, 1.82) is 0 Å². The molecule has 2 aromatic carbocycles. The van der Waals surface area contributed by atoms with Gasteiger partial charge in [-0.1, -0.05) is 0 Å². The molecule has 5 rings (SSSR count). The molecule has 0 bridgehead atoms. The van der Waals surface area contributed by atoms with Crippen molar-refractivity contribution in [3.8, 4) is 28.7 Å². The molecule has 7 heteroatoms. The zero-order chi connectivity index (χ0) is 20.1. The first-order valence-corrected chi connectivity index (χ1v) is 9.53. The van der Waals surface area contributed by atoms with Gasteiger partial charge in [-0.2, -0.15) is 0 Å². The van der Waals surface area contributed by atoms with Crippen LogP contribution in [0.25, 0.3) is 0 Å². The van der Waals surface area contributed by atoms with Gasteiger partial charge < -0.3 is 28.4 Å². The average molecular weight is 398 g/mol. The average Bonchev–Trinajstić information content (AvgIpc) is 3.37. The van der Waals surface area contributed by atoms with Crippen molar-refractivity contribution in [2.45, 2.75) is 12.3 Å². The highest BCUT2D eigenvalue weighted by Crippen LogP contribution is 2.52. The van der Waals surface area contributed by atoms with Gasteiger partial charge in [0.15, 0.2) is 23.0 Å². The molecule has 0 aromatic heterocycles. The molecular weight excluding hydrogens is 376 g/mol. The van der Waals surface area contributed by atoms with Crippen LogP contribution in [-0.4, -0.2) is 40.7 Å². The van der Waals surface area contributed by atoms with E-state index in [2.05, 4.69) is 0 Å². The largest absolute Gasteiger partial charge is 0.493 e. The highest BCUT2D eigenvalue weighted by Gasteiger charge is 2.48. The Morgan fingerprint density at radius 2 is 1.66 bits per heavy atom. The zero-order valence-corrected chi connectivity index (χ0v) is 16.5. The van der Waals surface area contributed by atoms with Crippen molar-refractivity contribution < 1.29 is 33.2 Å². The third kappa shape index (κ3) is 2.68. The summed E-state index contributed by atoms with van der Waals surface area (Å²) in [7, 11) is 4.83. The molecule has 29 heavy (non-hydrogen) atoms. The lowest BCUT2D eigenvalue weighted by atomic mass is 9.67.